The van der Waals surface area contributed by atoms with Gasteiger partial charge in [-0.05, 0) is 62.2 Å². The molecule has 7 heteroatoms. The van der Waals surface area contributed by atoms with Gasteiger partial charge in [-0.3, -0.25) is 4.99 Å². The van der Waals surface area contributed by atoms with Crippen molar-refractivity contribution >= 4 is 11.6 Å². The Morgan fingerprint density at radius 2 is 1.78 bits per heavy atom. The van der Waals surface area contributed by atoms with Crippen molar-refractivity contribution in [2.75, 3.05) is 31.1 Å². The third-order valence-corrected chi connectivity index (χ3v) is 5.67. The minimum atomic E-state index is -0.246. The maximum absolute atomic E-state index is 13.1. The van der Waals surface area contributed by atoms with E-state index in [0.717, 1.165) is 56.2 Å². The summed E-state index contributed by atoms with van der Waals surface area (Å²) in [5, 5.41) is 11.5. The predicted molar refractivity (Wildman–Crippen MR) is 128 cm³/mol. The topological polar surface area (TPSA) is 57.5 Å². The molecule has 0 aliphatic carbocycles. The molecule has 168 valence electrons. The molecule has 0 saturated carbocycles. The molecular formula is C25H31FN6. The summed E-state index contributed by atoms with van der Waals surface area (Å²) in [5.41, 5.74) is 3.11. The van der Waals surface area contributed by atoms with E-state index in [4.69, 9.17) is 4.99 Å². The molecule has 0 bridgehead atoms. The fraction of sp³-hybridized carbons (Fsp3) is 0.360. The molecule has 0 unspecified atom stereocenters. The summed E-state index contributed by atoms with van der Waals surface area (Å²) in [5.74, 6) is 0.619. The minimum absolute atomic E-state index is 0.246. The first-order chi connectivity index (χ1) is 15.7. The van der Waals surface area contributed by atoms with E-state index in [1.165, 1.54) is 17.8 Å². The maximum Gasteiger partial charge on any atom is 0.191 e. The van der Waals surface area contributed by atoms with E-state index < -0.39 is 0 Å². The Bertz CT molecular complexity index is 991. The number of aromatic nitrogens is 2. The number of hydrogen-bond acceptors (Lipinski definition) is 3. The summed E-state index contributed by atoms with van der Waals surface area (Å²) in [6.07, 6.45) is 4.82. The Morgan fingerprint density at radius 3 is 2.50 bits per heavy atom. The molecule has 32 heavy (non-hydrogen) atoms. The van der Waals surface area contributed by atoms with E-state index in [2.05, 4.69) is 57.9 Å². The van der Waals surface area contributed by atoms with Crippen LogP contribution in [0.15, 0.2) is 71.9 Å². The van der Waals surface area contributed by atoms with Gasteiger partial charge in [-0.15, -0.1) is 0 Å². The van der Waals surface area contributed by atoms with Crippen molar-refractivity contribution in [2.24, 2.45) is 4.99 Å². The average Bonchev–Trinajstić information content (AvgIpc) is 3.30. The molecule has 2 N–H and O–H groups in total. The van der Waals surface area contributed by atoms with Gasteiger partial charge in [-0.1, -0.05) is 18.2 Å². The van der Waals surface area contributed by atoms with Gasteiger partial charge in [0.05, 0.1) is 11.4 Å². The van der Waals surface area contributed by atoms with E-state index in [1.54, 1.807) is 16.8 Å². The first kappa shape index (κ1) is 21.9. The molecule has 1 saturated heterocycles. The lowest BCUT2D eigenvalue weighted by molar-refractivity contribution is 0.461. The van der Waals surface area contributed by atoms with Crippen LogP contribution in [0.3, 0.4) is 0 Å². The molecule has 0 amide bonds. The van der Waals surface area contributed by atoms with E-state index in [-0.39, 0.29) is 5.82 Å². The first-order valence-corrected chi connectivity index (χ1v) is 11.4. The monoisotopic (exact) mass is 434 g/mol. The van der Waals surface area contributed by atoms with Gasteiger partial charge in [0.15, 0.2) is 5.96 Å². The van der Waals surface area contributed by atoms with Gasteiger partial charge in [0.25, 0.3) is 0 Å². The number of benzene rings is 2. The highest BCUT2D eigenvalue weighted by molar-refractivity contribution is 5.80. The SMILES string of the molecule is CCNC(=NCCc1ccn(-c2ccc(F)cc2)n1)NC1CCN(c2ccccc2)CC1. The summed E-state index contributed by atoms with van der Waals surface area (Å²) in [7, 11) is 0. The minimum Gasteiger partial charge on any atom is -0.371 e. The van der Waals surface area contributed by atoms with E-state index in [1.807, 2.05) is 12.3 Å². The van der Waals surface area contributed by atoms with Gasteiger partial charge in [0, 0.05) is 50.5 Å². The zero-order valence-corrected chi connectivity index (χ0v) is 18.5. The van der Waals surface area contributed by atoms with E-state index >= 15 is 0 Å². The Balaban J connectivity index is 1.28. The van der Waals surface area contributed by atoms with Crippen LogP contribution in [0, 0.1) is 5.82 Å². The number of para-hydroxylation sites is 1. The Kier molecular flexibility index (Phi) is 7.38. The Morgan fingerprint density at radius 1 is 1.03 bits per heavy atom. The van der Waals surface area contributed by atoms with Crippen molar-refractivity contribution in [1.29, 1.82) is 0 Å². The van der Waals surface area contributed by atoms with Crippen molar-refractivity contribution in [1.82, 2.24) is 20.4 Å². The molecule has 2 heterocycles. The highest BCUT2D eigenvalue weighted by Crippen LogP contribution is 2.19. The van der Waals surface area contributed by atoms with Crippen LogP contribution in [0.1, 0.15) is 25.5 Å². The molecule has 0 spiro atoms. The quantitative estimate of drug-likeness (QED) is 0.439. The molecule has 1 aromatic heterocycles. The van der Waals surface area contributed by atoms with Crippen LogP contribution in [0.5, 0.6) is 0 Å². The van der Waals surface area contributed by atoms with Crippen LogP contribution in [-0.2, 0) is 6.42 Å². The van der Waals surface area contributed by atoms with Crippen LogP contribution < -0.4 is 15.5 Å². The summed E-state index contributed by atoms with van der Waals surface area (Å²) in [4.78, 5) is 7.20. The van der Waals surface area contributed by atoms with Crippen molar-refractivity contribution in [3.05, 3.63) is 78.4 Å². The van der Waals surface area contributed by atoms with Gasteiger partial charge >= 0.3 is 0 Å². The van der Waals surface area contributed by atoms with Crippen molar-refractivity contribution in [2.45, 2.75) is 32.2 Å². The maximum atomic E-state index is 13.1. The van der Waals surface area contributed by atoms with Crippen LogP contribution in [0.2, 0.25) is 0 Å². The molecule has 0 radical (unpaired) electrons. The van der Waals surface area contributed by atoms with Gasteiger partial charge in [0.2, 0.25) is 0 Å². The Hall–Kier alpha value is -3.35. The molecule has 6 nitrogen and oxygen atoms in total. The van der Waals surface area contributed by atoms with Crippen LogP contribution >= 0.6 is 0 Å². The van der Waals surface area contributed by atoms with E-state index in [0.29, 0.717) is 12.6 Å². The molecule has 2 aromatic carbocycles. The average molecular weight is 435 g/mol. The van der Waals surface area contributed by atoms with Crippen molar-refractivity contribution in [3.63, 3.8) is 0 Å². The standard InChI is InChI=1S/C25H31FN6/c1-2-27-25(29-21-13-17-31(18-14-21)23-6-4-3-5-7-23)28-16-12-22-15-19-32(30-22)24-10-8-20(26)9-11-24/h3-11,15,19,21H,2,12-14,16-18H2,1H3,(H2,27,28,29). The fourth-order valence-electron chi connectivity index (χ4n) is 3.95. The summed E-state index contributed by atoms with van der Waals surface area (Å²) < 4.78 is 14.9. The fourth-order valence-corrected chi connectivity index (χ4v) is 3.95. The number of halogens is 1. The molecular weight excluding hydrogens is 403 g/mol. The second kappa shape index (κ2) is 10.8. The second-order valence-corrected chi connectivity index (χ2v) is 7.98. The van der Waals surface area contributed by atoms with Gasteiger partial charge in [-0.25, -0.2) is 9.07 Å². The predicted octanol–water partition coefficient (Wildman–Crippen LogP) is 3.78. The number of guanidine groups is 1. The molecule has 3 aromatic rings. The molecule has 0 atom stereocenters. The smallest absolute Gasteiger partial charge is 0.191 e. The molecule has 1 aliphatic rings. The van der Waals surface area contributed by atoms with Crippen LogP contribution in [0.4, 0.5) is 10.1 Å². The van der Waals surface area contributed by atoms with Crippen LogP contribution in [-0.4, -0.2) is 48.0 Å². The summed E-state index contributed by atoms with van der Waals surface area (Å²) >= 11 is 0. The number of piperidine rings is 1. The second-order valence-electron chi connectivity index (χ2n) is 7.98. The van der Waals surface area contributed by atoms with E-state index in [9.17, 15) is 4.39 Å². The number of rotatable bonds is 7. The first-order valence-electron chi connectivity index (χ1n) is 11.4. The zero-order valence-electron chi connectivity index (χ0n) is 18.5. The molecule has 1 fully saturated rings. The highest BCUT2D eigenvalue weighted by Gasteiger charge is 2.20. The third-order valence-electron chi connectivity index (χ3n) is 5.67. The molecule has 1 aliphatic heterocycles. The lowest BCUT2D eigenvalue weighted by atomic mass is 10.0. The van der Waals surface area contributed by atoms with Crippen LogP contribution in [0.25, 0.3) is 5.69 Å². The summed E-state index contributed by atoms with van der Waals surface area (Å²) in [6, 6.07) is 19.3. The zero-order chi connectivity index (χ0) is 22.2. The number of anilines is 1. The summed E-state index contributed by atoms with van der Waals surface area (Å²) in [6.45, 7) is 5.65. The van der Waals surface area contributed by atoms with Crippen molar-refractivity contribution in [3.8, 4) is 5.69 Å². The third kappa shape index (κ3) is 5.87. The number of hydrogen-bond donors (Lipinski definition) is 2. The van der Waals surface area contributed by atoms with Gasteiger partial charge in [-0.2, -0.15) is 5.10 Å². The largest absolute Gasteiger partial charge is 0.371 e. The van der Waals surface area contributed by atoms with Crippen molar-refractivity contribution < 1.29 is 4.39 Å². The Labute approximate surface area is 189 Å². The number of nitrogens with one attached hydrogen (secondary N) is 2. The highest BCUT2D eigenvalue weighted by atomic mass is 19.1. The lowest BCUT2D eigenvalue weighted by Gasteiger charge is -2.34. The van der Waals surface area contributed by atoms with Gasteiger partial charge < -0.3 is 15.5 Å². The number of nitrogens with zero attached hydrogens (tertiary/aromatic N) is 4. The molecule has 4 rings (SSSR count). The number of aliphatic imine (C=N–C) groups is 1. The normalized spacial score (nSPS) is 15.1. The lowest BCUT2D eigenvalue weighted by Crippen LogP contribution is -2.48. The van der Waals surface area contributed by atoms with Gasteiger partial charge in [0.1, 0.15) is 5.82 Å².